The number of rotatable bonds is 5. The molecule has 1 fully saturated rings. The maximum absolute atomic E-state index is 10.8. The fourth-order valence-electron chi connectivity index (χ4n) is 2.95. The van der Waals surface area contributed by atoms with Crippen molar-refractivity contribution in [1.29, 1.82) is 0 Å². The fraction of sp³-hybridized carbons (Fsp3) is 0.625. The lowest BCUT2D eigenvalue weighted by molar-refractivity contribution is 0.0118. The van der Waals surface area contributed by atoms with E-state index in [2.05, 4.69) is 23.8 Å². The maximum atomic E-state index is 10.8. The molecule has 1 heterocycles. The second-order valence-corrected chi connectivity index (χ2v) is 6.00. The van der Waals surface area contributed by atoms with Crippen molar-refractivity contribution in [2.24, 2.45) is 5.73 Å². The molecule has 0 amide bonds. The standard InChI is InChI=1S/C16H27N3O/c1-14-12-18(2)10-11-19(14)9-8-16(20,13-17)15-6-4-3-5-7-15/h3-7,14,20H,8-13,17H2,1-2H3. The van der Waals surface area contributed by atoms with Crippen LogP contribution in [-0.2, 0) is 5.60 Å². The number of piperazine rings is 1. The van der Waals surface area contributed by atoms with Gasteiger partial charge in [-0.3, -0.25) is 4.90 Å². The van der Waals surface area contributed by atoms with Crippen LogP contribution < -0.4 is 5.73 Å². The molecule has 1 aliphatic heterocycles. The summed E-state index contributed by atoms with van der Waals surface area (Å²) in [6.07, 6.45) is 0.682. The molecule has 112 valence electrons. The van der Waals surface area contributed by atoms with Gasteiger partial charge in [-0.1, -0.05) is 30.3 Å². The molecule has 3 N–H and O–H groups in total. The van der Waals surface area contributed by atoms with Crippen molar-refractivity contribution < 1.29 is 5.11 Å². The SMILES string of the molecule is CC1CN(C)CCN1CCC(O)(CN)c1ccccc1. The Morgan fingerprint density at radius 1 is 1.30 bits per heavy atom. The minimum Gasteiger partial charge on any atom is -0.384 e. The molecule has 2 atom stereocenters. The third-order valence-corrected chi connectivity index (χ3v) is 4.43. The van der Waals surface area contributed by atoms with Crippen LogP contribution >= 0.6 is 0 Å². The van der Waals surface area contributed by atoms with Crippen LogP contribution in [0, 0.1) is 0 Å². The summed E-state index contributed by atoms with van der Waals surface area (Å²) in [7, 11) is 2.16. The van der Waals surface area contributed by atoms with E-state index in [0.29, 0.717) is 12.5 Å². The van der Waals surface area contributed by atoms with Crippen molar-refractivity contribution >= 4 is 0 Å². The molecular weight excluding hydrogens is 250 g/mol. The van der Waals surface area contributed by atoms with Crippen molar-refractivity contribution in [1.82, 2.24) is 9.80 Å². The highest BCUT2D eigenvalue weighted by molar-refractivity contribution is 5.22. The second-order valence-electron chi connectivity index (χ2n) is 6.00. The number of nitrogens with two attached hydrogens (primary N) is 1. The van der Waals surface area contributed by atoms with E-state index in [4.69, 9.17) is 5.73 Å². The predicted octanol–water partition coefficient (Wildman–Crippen LogP) is 0.859. The van der Waals surface area contributed by atoms with Crippen molar-refractivity contribution in [3.8, 4) is 0 Å². The molecule has 1 aliphatic rings. The van der Waals surface area contributed by atoms with Crippen LogP contribution in [0.15, 0.2) is 30.3 Å². The van der Waals surface area contributed by atoms with Crippen LogP contribution in [0.5, 0.6) is 0 Å². The number of benzene rings is 1. The molecule has 0 aromatic heterocycles. The van der Waals surface area contributed by atoms with E-state index in [1.54, 1.807) is 0 Å². The quantitative estimate of drug-likeness (QED) is 0.838. The Morgan fingerprint density at radius 2 is 2.00 bits per heavy atom. The number of likely N-dealkylation sites (N-methyl/N-ethyl adjacent to an activating group) is 1. The average molecular weight is 277 g/mol. The van der Waals surface area contributed by atoms with E-state index >= 15 is 0 Å². The van der Waals surface area contributed by atoms with Crippen LogP contribution in [0.25, 0.3) is 0 Å². The molecule has 1 aromatic rings. The van der Waals surface area contributed by atoms with Crippen LogP contribution in [0.1, 0.15) is 18.9 Å². The molecule has 0 radical (unpaired) electrons. The summed E-state index contributed by atoms with van der Waals surface area (Å²) in [6, 6.07) is 10.3. The third kappa shape index (κ3) is 3.58. The molecule has 1 aromatic carbocycles. The lowest BCUT2D eigenvalue weighted by Crippen LogP contribution is -2.51. The van der Waals surface area contributed by atoms with Gasteiger partial charge in [0.05, 0.1) is 0 Å². The zero-order valence-corrected chi connectivity index (χ0v) is 12.6. The Balaban J connectivity index is 1.97. The molecule has 4 heteroatoms. The van der Waals surface area contributed by atoms with E-state index in [1.165, 1.54) is 0 Å². The highest BCUT2D eigenvalue weighted by atomic mass is 16.3. The third-order valence-electron chi connectivity index (χ3n) is 4.43. The number of hydrogen-bond donors (Lipinski definition) is 2. The monoisotopic (exact) mass is 277 g/mol. The summed E-state index contributed by atoms with van der Waals surface area (Å²) in [5.41, 5.74) is 5.84. The minimum absolute atomic E-state index is 0.263. The van der Waals surface area contributed by atoms with Gasteiger partial charge in [0.15, 0.2) is 0 Å². The summed E-state index contributed by atoms with van der Waals surface area (Å²) < 4.78 is 0. The number of nitrogens with zero attached hydrogens (tertiary/aromatic N) is 2. The van der Waals surface area contributed by atoms with Gasteiger partial charge < -0.3 is 15.7 Å². The Bertz CT molecular complexity index is 411. The summed E-state index contributed by atoms with van der Waals surface area (Å²) in [4.78, 5) is 4.80. The zero-order valence-electron chi connectivity index (χ0n) is 12.6. The molecule has 4 nitrogen and oxygen atoms in total. The molecule has 0 aliphatic carbocycles. The molecule has 0 spiro atoms. The van der Waals surface area contributed by atoms with Gasteiger partial charge in [0, 0.05) is 38.8 Å². The molecule has 0 saturated carbocycles. The van der Waals surface area contributed by atoms with E-state index < -0.39 is 5.60 Å². The van der Waals surface area contributed by atoms with Gasteiger partial charge in [0.1, 0.15) is 5.60 Å². The normalized spacial score (nSPS) is 24.5. The average Bonchev–Trinajstić information content (AvgIpc) is 2.47. The van der Waals surface area contributed by atoms with Crippen LogP contribution in [-0.4, -0.2) is 60.7 Å². The van der Waals surface area contributed by atoms with E-state index in [-0.39, 0.29) is 6.54 Å². The summed E-state index contributed by atoms with van der Waals surface area (Å²) in [5.74, 6) is 0. The summed E-state index contributed by atoms with van der Waals surface area (Å²) in [6.45, 7) is 6.65. The first-order valence-electron chi connectivity index (χ1n) is 7.46. The van der Waals surface area contributed by atoms with E-state index in [0.717, 1.165) is 31.7 Å². The first kappa shape index (κ1) is 15.4. The molecule has 20 heavy (non-hydrogen) atoms. The molecule has 2 rings (SSSR count). The molecule has 2 unspecified atom stereocenters. The Morgan fingerprint density at radius 3 is 2.60 bits per heavy atom. The van der Waals surface area contributed by atoms with Crippen molar-refractivity contribution in [2.75, 3.05) is 39.8 Å². The smallest absolute Gasteiger partial charge is 0.103 e. The topological polar surface area (TPSA) is 52.7 Å². The number of aliphatic hydroxyl groups is 1. The Labute approximate surface area is 122 Å². The lowest BCUT2D eigenvalue weighted by Gasteiger charge is -2.40. The predicted molar refractivity (Wildman–Crippen MR) is 82.5 cm³/mol. The first-order valence-corrected chi connectivity index (χ1v) is 7.46. The van der Waals surface area contributed by atoms with Gasteiger partial charge in [0.2, 0.25) is 0 Å². The van der Waals surface area contributed by atoms with Crippen LogP contribution in [0.2, 0.25) is 0 Å². The molecule has 1 saturated heterocycles. The van der Waals surface area contributed by atoms with E-state index in [9.17, 15) is 5.11 Å². The summed E-state index contributed by atoms with van der Waals surface area (Å²) >= 11 is 0. The van der Waals surface area contributed by atoms with Gasteiger partial charge in [-0.05, 0) is 26.0 Å². The van der Waals surface area contributed by atoms with Crippen molar-refractivity contribution in [2.45, 2.75) is 25.0 Å². The van der Waals surface area contributed by atoms with Crippen LogP contribution in [0.4, 0.5) is 0 Å². The Kier molecular flexibility index (Phi) is 5.16. The van der Waals surface area contributed by atoms with Crippen LogP contribution in [0.3, 0.4) is 0 Å². The largest absolute Gasteiger partial charge is 0.384 e. The molecule has 0 bridgehead atoms. The van der Waals surface area contributed by atoms with Gasteiger partial charge in [-0.2, -0.15) is 0 Å². The zero-order chi connectivity index (χ0) is 14.6. The highest BCUT2D eigenvalue weighted by Crippen LogP contribution is 2.24. The lowest BCUT2D eigenvalue weighted by atomic mass is 9.90. The minimum atomic E-state index is -0.912. The second kappa shape index (κ2) is 6.68. The first-order chi connectivity index (χ1) is 9.55. The van der Waals surface area contributed by atoms with Crippen molar-refractivity contribution in [3.05, 3.63) is 35.9 Å². The highest BCUT2D eigenvalue weighted by Gasteiger charge is 2.30. The fourth-order valence-corrected chi connectivity index (χ4v) is 2.95. The van der Waals surface area contributed by atoms with Gasteiger partial charge in [-0.25, -0.2) is 0 Å². The number of hydrogen-bond acceptors (Lipinski definition) is 4. The Hall–Kier alpha value is -0.940. The van der Waals surface area contributed by atoms with Gasteiger partial charge >= 0.3 is 0 Å². The molecular formula is C16H27N3O. The van der Waals surface area contributed by atoms with Gasteiger partial charge in [-0.15, -0.1) is 0 Å². The van der Waals surface area contributed by atoms with E-state index in [1.807, 2.05) is 30.3 Å². The summed E-state index contributed by atoms with van der Waals surface area (Å²) in [5, 5.41) is 10.8. The maximum Gasteiger partial charge on any atom is 0.103 e. The van der Waals surface area contributed by atoms with Crippen molar-refractivity contribution in [3.63, 3.8) is 0 Å². The van der Waals surface area contributed by atoms with Gasteiger partial charge in [0.25, 0.3) is 0 Å².